The van der Waals surface area contributed by atoms with Crippen LogP contribution >= 0.6 is 0 Å². The number of rotatable bonds is 10. The fraction of sp³-hybridized carbons (Fsp3) is 0.484. The Morgan fingerprint density at radius 3 is 2.45 bits per heavy atom. The maximum absolute atomic E-state index is 12.9. The van der Waals surface area contributed by atoms with Gasteiger partial charge in [0, 0.05) is 28.5 Å². The molecule has 4 rings (SSSR count). The zero-order valence-corrected chi connectivity index (χ0v) is 28.0. The van der Waals surface area contributed by atoms with Crippen molar-refractivity contribution in [3.63, 3.8) is 0 Å². The zero-order valence-electron chi connectivity index (χ0n) is 26.2. The molecule has 0 aliphatic carbocycles. The van der Waals surface area contributed by atoms with Crippen LogP contribution in [-0.4, -0.2) is 47.5 Å². The van der Waals surface area contributed by atoms with E-state index in [-0.39, 0.29) is 5.04 Å². The molecule has 0 fully saturated rings. The van der Waals surface area contributed by atoms with E-state index in [4.69, 9.17) is 14.4 Å². The largest absolute Gasteiger partial charge is 0.598 e. The van der Waals surface area contributed by atoms with Crippen LogP contribution in [0.5, 0.6) is 0 Å². The molecule has 9 nitrogen and oxygen atoms in total. The first kappa shape index (κ1) is 32.2. The number of hydrogen-bond acceptors (Lipinski definition) is 8. The van der Waals surface area contributed by atoms with Gasteiger partial charge in [-0.05, 0) is 69.6 Å². The average Bonchev–Trinajstić information content (AvgIpc) is 3.34. The van der Waals surface area contributed by atoms with Gasteiger partial charge in [0.1, 0.15) is 4.75 Å². The quantitative estimate of drug-likeness (QED) is 0.121. The lowest BCUT2D eigenvalue weighted by Crippen LogP contribution is -2.51. The third-order valence-corrected chi connectivity index (χ3v) is 13.8. The molecule has 0 saturated heterocycles. The molecule has 0 radical (unpaired) electrons. The number of nitrogens with zero attached hydrogens (tertiary/aromatic N) is 5. The van der Waals surface area contributed by atoms with Crippen LogP contribution < -0.4 is 4.72 Å². The molecular weight excluding hydrogens is 565 g/mol. The molecule has 3 aromatic heterocycles. The standard InChI is InChI=1S/C31H44N6O3SSi/c1-10-17-31(38,36-41(39)29(2,3)4)26-16-18-32-28(35-26)22-14-15-23-20-33-37(25(23)19-22)27-13-11-12-24(34-27)21-40-42(8,9)30(5,6)7/h11-16,18-20,36,38H,10,17,21H2,1-9H3/t31-,41?/m0/s1. The van der Waals surface area contributed by atoms with E-state index in [1.165, 1.54) is 0 Å². The lowest BCUT2D eigenvalue weighted by atomic mass is 10.0. The number of aliphatic hydroxyl groups is 1. The lowest BCUT2D eigenvalue weighted by Gasteiger charge is -2.36. The van der Waals surface area contributed by atoms with Crippen molar-refractivity contribution in [2.45, 2.75) is 96.5 Å². The van der Waals surface area contributed by atoms with E-state index in [0.717, 1.165) is 22.2 Å². The molecule has 1 aromatic carbocycles. The van der Waals surface area contributed by atoms with Crippen LogP contribution in [0.3, 0.4) is 0 Å². The van der Waals surface area contributed by atoms with E-state index < -0.39 is 30.2 Å². The SMILES string of the molecule is CCC[C@@](O)(N[S+]([O-])C(C)(C)C)c1ccnc(-c2ccc3cnn(-c4cccc(CO[Si](C)(C)C(C)(C)C)n4)c3c2)n1. The summed E-state index contributed by atoms with van der Waals surface area (Å²) in [5, 5.41) is 17.2. The van der Waals surface area contributed by atoms with Crippen LogP contribution in [0.25, 0.3) is 28.1 Å². The van der Waals surface area contributed by atoms with Crippen molar-refractivity contribution in [1.82, 2.24) is 29.5 Å². The summed E-state index contributed by atoms with van der Waals surface area (Å²) in [7, 11) is -1.92. The van der Waals surface area contributed by atoms with Gasteiger partial charge in [-0.2, -0.15) is 5.10 Å². The Hall–Kier alpha value is -2.67. The number of aromatic nitrogens is 5. The van der Waals surface area contributed by atoms with Gasteiger partial charge in [0.2, 0.25) is 0 Å². The molecule has 0 aliphatic rings. The normalized spacial score (nSPS) is 15.1. The number of fused-ring (bicyclic) bond motifs is 1. The van der Waals surface area contributed by atoms with E-state index in [0.29, 0.717) is 36.8 Å². The number of nitrogens with one attached hydrogen (secondary N) is 1. The fourth-order valence-corrected chi connectivity index (χ4v) is 5.87. The highest BCUT2D eigenvalue weighted by molar-refractivity contribution is 7.90. The van der Waals surface area contributed by atoms with Gasteiger partial charge in [-0.15, -0.1) is 4.72 Å². The van der Waals surface area contributed by atoms with Gasteiger partial charge in [0.25, 0.3) is 0 Å². The summed E-state index contributed by atoms with van der Waals surface area (Å²) in [5.41, 5.74) is 1.28. The lowest BCUT2D eigenvalue weighted by molar-refractivity contribution is 0.00992. The Balaban J connectivity index is 1.66. The van der Waals surface area contributed by atoms with Crippen LogP contribution in [-0.2, 0) is 28.1 Å². The second kappa shape index (κ2) is 12.1. The van der Waals surface area contributed by atoms with E-state index in [1.54, 1.807) is 16.9 Å². The molecule has 42 heavy (non-hydrogen) atoms. The molecule has 11 heteroatoms. The summed E-state index contributed by atoms with van der Waals surface area (Å²) in [6, 6.07) is 13.4. The molecule has 0 amide bonds. The Kier molecular flexibility index (Phi) is 9.32. The highest BCUT2D eigenvalue weighted by atomic mass is 32.2. The molecular formula is C31H44N6O3SSi. The molecule has 0 saturated carbocycles. The number of hydrogen-bond donors (Lipinski definition) is 2. The van der Waals surface area contributed by atoms with Gasteiger partial charge < -0.3 is 14.1 Å². The summed E-state index contributed by atoms with van der Waals surface area (Å²) in [6.07, 6.45) is 4.44. The van der Waals surface area contributed by atoms with Crippen molar-refractivity contribution in [3.05, 3.63) is 66.2 Å². The topological polar surface area (TPSA) is 121 Å². The predicted octanol–water partition coefficient (Wildman–Crippen LogP) is 6.40. The maximum Gasteiger partial charge on any atom is 0.200 e. The van der Waals surface area contributed by atoms with Gasteiger partial charge in [-0.3, -0.25) is 0 Å². The van der Waals surface area contributed by atoms with Crippen LogP contribution in [0, 0.1) is 0 Å². The van der Waals surface area contributed by atoms with Crippen molar-refractivity contribution >= 4 is 30.6 Å². The van der Waals surface area contributed by atoms with E-state index in [1.807, 2.05) is 70.3 Å². The fourth-order valence-electron chi connectivity index (χ4n) is 4.10. The summed E-state index contributed by atoms with van der Waals surface area (Å²) in [6.45, 7) is 19.1. The van der Waals surface area contributed by atoms with Crippen LogP contribution in [0.4, 0.5) is 0 Å². The summed E-state index contributed by atoms with van der Waals surface area (Å²) in [5.74, 6) is 1.14. The van der Waals surface area contributed by atoms with E-state index in [9.17, 15) is 9.66 Å². The molecule has 4 aromatic rings. The summed E-state index contributed by atoms with van der Waals surface area (Å²) < 4.78 is 23.5. The third kappa shape index (κ3) is 7.09. The minimum absolute atomic E-state index is 0.116. The minimum atomic E-state index is -1.92. The van der Waals surface area contributed by atoms with Gasteiger partial charge in [-0.25, -0.2) is 19.6 Å². The molecule has 3 heterocycles. The van der Waals surface area contributed by atoms with Gasteiger partial charge >= 0.3 is 0 Å². The predicted molar refractivity (Wildman–Crippen MR) is 172 cm³/mol. The van der Waals surface area contributed by atoms with Crippen molar-refractivity contribution in [3.8, 4) is 17.2 Å². The van der Waals surface area contributed by atoms with Crippen molar-refractivity contribution < 1.29 is 14.1 Å². The van der Waals surface area contributed by atoms with Gasteiger partial charge in [-0.1, -0.05) is 52.3 Å². The van der Waals surface area contributed by atoms with Gasteiger partial charge in [0.15, 0.2) is 25.7 Å². The molecule has 226 valence electrons. The molecule has 2 atom stereocenters. The molecule has 0 aliphatic heterocycles. The zero-order chi connectivity index (χ0) is 30.9. The Bertz CT molecular complexity index is 1530. The Morgan fingerprint density at radius 2 is 1.79 bits per heavy atom. The van der Waals surface area contributed by atoms with Gasteiger partial charge in [0.05, 0.1) is 29.7 Å². The first-order valence-electron chi connectivity index (χ1n) is 14.4. The van der Waals surface area contributed by atoms with Crippen molar-refractivity contribution in [1.29, 1.82) is 0 Å². The van der Waals surface area contributed by atoms with Crippen LogP contribution in [0.1, 0.15) is 72.7 Å². The third-order valence-electron chi connectivity index (χ3n) is 7.73. The Morgan fingerprint density at radius 1 is 1.05 bits per heavy atom. The van der Waals surface area contributed by atoms with E-state index in [2.05, 4.69) is 48.7 Å². The van der Waals surface area contributed by atoms with Crippen LogP contribution in [0.2, 0.25) is 18.1 Å². The number of pyridine rings is 1. The first-order valence-corrected chi connectivity index (χ1v) is 18.4. The van der Waals surface area contributed by atoms with Crippen LogP contribution in [0.15, 0.2) is 54.9 Å². The van der Waals surface area contributed by atoms with E-state index >= 15 is 0 Å². The maximum atomic E-state index is 12.9. The average molecular weight is 609 g/mol. The van der Waals surface area contributed by atoms with Crippen molar-refractivity contribution in [2.75, 3.05) is 0 Å². The second-order valence-electron chi connectivity index (χ2n) is 13.2. The molecule has 0 bridgehead atoms. The summed E-state index contributed by atoms with van der Waals surface area (Å²) >= 11 is -1.50. The molecule has 2 N–H and O–H groups in total. The minimum Gasteiger partial charge on any atom is -0.598 e. The molecule has 0 spiro atoms. The van der Waals surface area contributed by atoms with Crippen molar-refractivity contribution in [2.24, 2.45) is 0 Å². The number of benzene rings is 1. The highest BCUT2D eigenvalue weighted by Gasteiger charge is 2.40. The first-order chi connectivity index (χ1) is 19.5. The summed E-state index contributed by atoms with van der Waals surface area (Å²) in [4.78, 5) is 14.1. The monoisotopic (exact) mass is 608 g/mol. The second-order valence-corrected chi connectivity index (χ2v) is 20.0. The Labute approximate surface area is 253 Å². The molecule has 1 unspecified atom stereocenters. The highest BCUT2D eigenvalue weighted by Crippen LogP contribution is 2.37. The smallest absolute Gasteiger partial charge is 0.200 e.